The van der Waals surface area contributed by atoms with Gasteiger partial charge in [-0.1, -0.05) is 12.1 Å². The van der Waals surface area contributed by atoms with Crippen LogP contribution in [0.15, 0.2) is 42.5 Å². The molecule has 21 heavy (non-hydrogen) atoms. The molecule has 0 spiro atoms. The highest BCUT2D eigenvalue weighted by atomic mass is 19.1. The Morgan fingerprint density at radius 2 is 1.62 bits per heavy atom. The number of nitrogens with one attached hydrogen (secondary N) is 1. The maximum Gasteiger partial charge on any atom is 0.335 e. The number of carboxylic acid groups (broad SMARTS) is 1. The molecule has 0 unspecified atom stereocenters. The van der Waals surface area contributed by atoms with Crippen LogP contribution in [0.3, 0.4) is 0 Å². The SMILES string of the molecule is O=C(O)c1ccc(CNCCc2cc(F)cc(F)c2)cc1. The van der Waals surface area contributed by atoms with E-state index in [1.807, 2.05) is 0 Å². The van der Waals surface area contributed by atoms with Crippen molar-refractivity contribution in [2.24, 2.45) is 0 Å². The number of hydrogen-bond donors (Lipinski definition) is 2. The zero-order valence-electron chi connectivity index (χ0n) is 11.3. The van der Waals surface area contributed by atoms with Crippen molar-refractivity contribution in [3.8, 4) is 0 Å². The molecule has 0 aromatic heterocycles. The van der Waals surface area contributed by atoms with E-state index in [1.165, 1.54) is 12.1 Å². The molecule has 0 fully saturated rings. The summed E-state index contributed by atoms with van der Waals surface area (Å²) in [7, 11) is 0. The van der Waals surface area contributed by atoms with Crippen molar-refractivity contribution in [3.63, 3.8) is 0 Å². The first-order valence-electron chi connectivity index (χ1n) is 6.52. The fourth-order valence-corrected chi connectivity index (χ4v) is 1.99. The van der Waals surface area contributed by atoms with E-state index in [-0.39, 0.29) is 5.56 Å². The lowest BCUT2D eigenvalue weighted by molar-refractivity contribution is 0.0697. The number of aromatic carboxylic acids is 1. The number of hydrogen-bond acceptors (Lipinski definition) is 2. The summed E-state index contributed by atoms with van der Waals surface area (Å²) in [6.45, 7) is 1.14. The highest BCUT2D eigenvalue weighted by Crippen LogP contribution is 2.08. The number of carbonyl (C=O) groups is 1. The molecule has 0 saturated carbocycles. The molecule has 0 amide bonds. The Kier molecular flexibility index (Phi) is 5.00. The van der Waals surface area contributed by atoms with E-state index in [4.69, 9.17) is 5.11 Å². The third-order valence-electron chi connectivity index (χ3n) is 3.04. The molecule has 2 N–H and O–H groups in total. The summed E-state index contributed by atoms with van der Waals surface area (Å²) in [5.74, 6) is -2.11. The lowest BCUT2D eigenvalue weighted by Gasteiger charge is -2.06. The monoisotopic (exact) mass is 291 g/mol. The molecular weight excluding hydrogens is 276 g/mol. The first-order valence-corrected chi connectivity index (χ1v) is 6.52. The Hall–Kier alpha value is -2.27. The summed E-state index contributed by atoms with van der Waals surface area (Å²) in [6.07, 6.45) is 0.516. The molecule has 2 rings (SSSR count). The maximum absolute atomic E-state index is 13.0. The molecule has 0 aliphatic rings. The Labute approximate surface area is 121 Å². The molecule has 0 heterocycles. The predicted octanol–water partition coefficient (Wildman–Crippen LogP) is 3.00. The molecule has 0 atom stereocenters. The number of benzene rings is 2. The Balaban J connectivity index is 1.80. The fourth-order valence-electron chi connectivity index (χ4n) is 1.99. The minimum atomic E-state index is -0.956. The Morgan fingerprint density at radius 1 is 1.00 bits per heavy atom. The Bertz CT molecular complexity index is 606. The van der Waals surface area contributed by atoms with Crippen molar-refractivity contribution >= 4 is 5.97 Å². The smallest absolute Gasteiger partial charge is 0.335 e. The molecular formula is C16H15F2NO2. The van der Waals surface area contributed by atoms with Gasteiger partial charge in [-0.25, -0.2) is 13.6 Å². The second kappa shape index (κ2) is 6.95. The van der Waals surface area contributed by atoms with Crippen LogP contribution in [0.5, 0.6) is 0 Å². The fraction of sp³-hybridized carbons (Fsp3) is 0.188. The van der Waals surface area contributed by atoms with Gasteiger partial charge in [-0.3, -0.25) is 0 Å². The molecule has 0 aliphatic carbocycles. The van der Waals surface area contributed by atoms with Crippen LogP contribution in [-0.4, -0.2) is 17.6 Å². The van der Waals surface area contributed by atoms with Crippen molar-refractivity contribution in [2.45, 2.75) is 13.0 Å². The van der Waals surface area contributed by atoms with Crippen LogP contribution in [0.25, 0.3) is 0 Å². The molecule has 0 bridgehead atoms. The lowest BCUT2D eigenvalue weighted by atomic mass is 10.1. The molecule has 110 valence electrons. The largest absolute Gasteiger partial charge is 0.478 e. The van der Waals surface area contributed by atoms with Crippen LogP contribution in [0.2, 0.25) is 0 Å². The van der Waals surface area contributed by atoms with Gasteiger partial charge in [0.15, 0.2) is 0 Å². The summed E-state index contributed by atoms with van der Waals surface area (Å²) in [6, 6.07) is 10.0. The van der Waals surface area contributed by atoms with E-state index in [2.05, 4.69) is 5.32 Å². The van der Waals surface area contributed by atoms with Gasteiger partial charge in [0, 0.05) is 12.6 Å². The average Bonchev–Trinajstić information content (AvgIpc) is 2.43. The highest BCUT2D eigenvalue weighted by Gasteiger charge is 2.02. The summed E-state index contributed by atoms with van der Waals surface area (Å²) in [5.41, 5.74) is 1.79. The van der Waals surface area contributed by atoms with Gasteiger partial charge >= 0.3 is 5.97 Å². The van der Waals surface area contributed by atoms with Crippen LogP contribution in [-0.2, 0) is 13.0 Å². The molecule has 2 aromatic carbocycles. The second-order valence-corrected chi connectivity index (χ2v) is 4.71. The first kappa shape index (κ1) is 15.1. The summed E-state index contributed by atoms with van der Waals surface area (Å²) in [4.78, 5) is 10.7. The van der Waals surface area contributed by atoms with Gasteiger partial charge in [0.05, 0.1) is 5.56 Å². The van der Waals surface area contributed by atoms with Crippen molar-refractivity contribution in [3.05, 3.63) is 70.8 Å². The van der Waals surface area contributed by atoms with Gasteiger partial charge in [-0.05, 0) is 48.4 Å². The number of halogens is 2. The van der Waals surface area contributed by atoms with Crippen molar-refractivity contribution in [2.75, 3.05) is 6.54 Å². The third kappa shape index (κ3) is 4.65. The third-order valence-corrected chi connectivity index (χ3v) is 3.04. The van der Waals surface area contributed by atoms with Crippen LogP contribution in [0.1, 0.15) is 21.5 Å². The van der Waals surface area contributed by atoms with Gasteiger partial charge in [-0.2, -0.15) is 0 Å². The zero-order chi connectivity index (χ0) is 15.2. The summed E-state index contributed by atoms with van der Waals surface area (Å²) < 4.78 is 26.0. The van der Waals surface area contributed by atoms with Crippen molar-refractivity contribution < 1.29 is 18.7 Å². The maximum atomic E-state index is 13.0. The van der Waals surface area contributed by atoms with E-state index in [9.17, 15) is 13.6 Å². The van der Waals surface area contributed by atoms with Crippen LogP contribution >= 0.6 is 0 Å². The van der Waals surface area contributed by atoms with Crippen LogP contribution in [0.4, 0.5) is 8.78 Å². The molecule has 2 aromatic rings. The lowest BCUT2D eigenvalue weighted by Crippen LogP contribution is -2.16. The normalized spacial score (nSPS) is 10.6. The van der Waals surface area contributed by atoms with E-state index >= 15 is 0 Å². The average molecular weight is 291 g/mol. The molecule has 5 heteroatoms. The quantitative estimate of drug-likeness (QED) is 0.804. The second-order valence-electron chi connectivity index (χ2n) is 4.71. The zero-order valence-corrected chi connectivity index (χ0v) is 11.3. The first-order chi connectivity index (χ1) is 10.0. The van der Waals surface area contributed by atoms with Crippen molar-refractivity contribution in [1.82, 2.24) is 5.32 Å². The standard InChI is InChI=1S/C16H15F2NO2/c17-14-7-12(8-15(18)9-14)5-6-19-10-11-1-3-13(4-2-11)16(20)21/h1-4,7-9,19H,5-6,10H2,(H,20,21). The summed E-state index contributed by atoms with van der Waals surface area (Å²) in [5, 5.41) is 11.9. The molecule has 0 aliphatic heterocycles. The van der Waals surface area contributed by atoms with Gasteiger partial charge < -0.3 is 10.4 Å². The van der Waals surface area contributed by atoms with Crippen LogP contribution < -0.4 is 5.32 Å². The summed E-state index contributed by atoms with van der Waals surface area (Å²) >= 11 is 0. The topological polar surface area (TPSA) is 49.3 Å². The van der Waals surface area contributed by atoms with Gasteiger partial charge in [0.2, 0.25) is 0 Å². The Morgan fingerprint density at radius 3 is 2.19 bits per heavy atom. The van der Waals surface area contributed by atoms with Crippen LogP contribution in [0, 0.1) is 11.6 Å². The van der Waals surface area contributed by atoms with Gasteiger partial charge in [0.1, 0.15) is 11.6 Å². The highest BCUT2D eigenvalue weighted by molar-refractivity contribution is 5.87. The van der Waals surface area contributed by atoms with Gasteiger partial charge in [0.25, 0.3) is 0 Å². The minimum Gasteiger partial charge on any atom is -0.478 e. The predicted molar refractivity (Wildman–Crippen MR) is 75.2 cm³/mol. The number of carboxylic acids is 1. The van der Waals surface area contributed by atoms with E-state index in [0.29, 0.717) is 25.1 Å². The molecule has 0 saturated heterocycles. The van der Waals surface area contributed by atoms with Crippen molar-refractivity contribution in [1.29, 1.82) is 0 Å². The molecule has 3 nitrogen and oxygen atoms in total. The van der Waals surface area contributed by atoms with E-state index < -0.39 is 17.6 Å². The molecule has 0 radical (unpaired) electrons. The van der Waals surface area contributed by atoms with E-state index in [1.54, 1.807) is 24.3 Å². The number of rotatable bonds is 6. The van der Waals surface area contributed by atoms with Gasteiger partial charge in [-0.15, -0.1) is 0 Å². The minimum absolute atomic E-state index is 0.244. The van der Waals surface area contributed by atoms with E-state index in [0.717, 1.165) is 11.6 Å².